The van der Waals surface area contributed by atoms with Crippen LogP contribution in [-0.4, -0.2) is 58.1 Å². The number of aromatic nitrogens is 12. The third kappa shape index (κ3) is 14.8. The Labute approximate surface area is 776 Å². The second kappa shape index (κ2) is 33.6. The highest BCUT2D eigenvalue weighted by molar-refractivity contribution is 6.24. The van der Waals surface area contributed by atoms with Crippen LogP contribution in [0.15, 0.2) is 474 Å². The Bertz CT molecular complexity index is 8890. The van der Waals surface area contributed by atoms with Crippen LogP contribution in [0.4, 0.5) is 0 Å². The summed E-state index contributed by atoms with van der Waals surface area (Å²) in [5.41, 5.74) is 33.9. The van der Waals surface area contributed by atoms with Crippen molar-refractivity contribution >= 4 is 115 Å². The SMILES string of the molecule is c1ccc(-c2ccc3c(ccc4c5cc(-c6ccc7nc(-c8ccccc8)cn7c6)ccc5nc(-c5ccccc5)c34)n2)cc1.c1ccc(-c2ccc3c(ccc4c5cc(-c6cccc(-c7cn8ccccc8n7)c6)ccc5nc(-c5ccccc5)c34)n2)cc1.c1ccc(-c2ccc3c(ccc4c5cc(-c6ccn7cc(-c8ccccc8)nc7c6)ccc5nc(-c5ccccc5)c34)n2)cc1. The number of nitrogens with zero attached hydrogens (tertiary/aromatic N) is 12. The molecule has 15 aromatic carbocycles. The minimum Gasteiger partial charge on any atom is -0.306 e. The zero-order valence-corrected chi connectivity index (χ0v) is 72.9. The lowest BCUT2D eigenvalue weighted by Gasteiger charge is -2.14. The van der Waals surface area contributed by atoms with Crippen molar-refractivity contribution in [1.29, 1.82) is 0 Å². The van der Waals surface area contributed by atoms with Gasteiger partial charge in [0, 0.05) is 136 Å². The summed E-state index contributed by atoms with van der Waals surface area (Å²) in [6.07, 6.45) is 12.5. The molecule has 0 bridgehead atoms. The van der Waals surface area contributed by atoms with Gasteiger partial charge < -0.3 is 13.2 Å². The average molecular weight is 1720 g/mol. The van der Waals surface area contributed by atoms with Crippen LogP contribution in [0.25, 0.3) is 249 Å². The summed E-state index contributed by atoms with van der Waals surface area (Å²) in [6.45, 7) is 0. The van der Waals surface area contributed by atoms with E-state index in [1.54, 1.807) is 0 Å². The number of benzene rings is 15. The summed E-state index contributed by atoms with van der Waals surface area (Å²) < 4.78 is 6.25. The molecule has 0 spiro atoms. The Balaban J connectivity index is 0.000000108. The van der Waals surface area contributed by atoms with Gasteiger partial charge in [0.15, 0.2) is 0 Å². The molecule has 12 nitrogen and oxygen atoms in total. The number of fused-ring (bicyclic) bond motifs is 18. The molecular formula is C123H78N12. The summed E-state index contributed by atoms with van der Waals surface area (Å²) in [6, 6.07) is 152. The van der Waals surface area contributed by atoms with Crippen LogP contribution in [0.3, 0.4) is 0 Å². The fourth-order valence-corrected chi connectivity index (χ4v) is 19.1. The third-order valence-electron chi connectivity index (χ3n) is 25.8. The van der Waals surface area contributed by atoms with Crippen molar-refractivity contribution in [2.45, 2.75) is 0 Å². The Kier molecular flexibility index (Phi) is 19.6. The highest BCUT2D eigenvalue weighted by Gasteiger charge is 2.22. The van der Waals surface area contributed by atoms with Crippen LogP contribution in [0.1, 0.15) is 0 Å². The first-order valence-corrected chi connectivity index (χ1v) is 45.3. The van der Waals surface area contributed by atoms with Gasteiger partial charge in [-0.2, -0.15) is 0 Å². The molecule has 0 saturated carbocycles. The molecule has 0 amide bonds. The molecule has 0 aliphatic carbocycles. The number of hydrogen-bond donors (Lipinski definition) is 0. The molecule has 12 aromatic heterocycles. The predicted octanol–water partition coefficient (Wildman–Crippen LogP) is 30.8. The lowest BCUT2D eigenvalue weighted by atomic mass is 9.94. The first-order chi connectivity index (χ1) is 66.8. The van der Waals surface area contributed by atoms with E-state index in [0.717, 1.165) is 244 Å². The molecule has 27 rings (SSSR count). The van der Waals surface area contributed by atoms with Crippen molar-refractivity contribution in [2.24, 2.45) is 0 Å². The van der Waals surface area contributed by atoms with Gasteiger partial charge in [-0.1, -0.05) is 303 Å². The molecule has 0 saturated heterocycles. The summed E-state index contributed by atoms with van der Waals surface area (Å²) in [5.74, 6) is 0. The van der Waals surface area contributed by atoms with Crippen molar-refractivity contribution < 1.29 is 0 Å². The maximum Gasteiger partial charge on any atom is 0.138 e. The number of rotatable bonds is 12. The number of hydrogen-bond acceptors (Lipinski definition) is 9. The van der Waals surface area contributed by atoms with E-state index >= 15 is 0 Å². The Morgan fingerprint density at radius 3 is 0.830 bits per heavy atom. The van der Waals surface area contributed by atoms with Gasteiger partial charge in [-0.05, 0) is 183 Å². The Morgan fingerprint density at radius 2 is 0.422 bits per heavy atom. The zero-order valence-electron chi connectivity index (χ0n) is 72.9. The van der Waals surface area contributed by atoms with Gasteiger partial charge in [0.25, 0.3) is 0 Å². The smallest absolute Gasteiger partial charge is 0.138 e. The van der Waals surface area contributed by atoms with Crippen LogP contribution in [0.5, 0.6) is 0 Å². The fourth-order valence-electron chi connectivity index (χ4n) is 19.1. The summed E-state index contributed by atoms with van der Waals surface area (Å²) in [5, 5.41) is 13.5. The molecule has 12 heterocycles. The summed E-state index contributed by atoms with van der Waals surface area (Å²) >= 11 is 0. The Morgan fingerprint density at radius 1 is 0.133 bits per heavy atom. The fraction of sp³-hybridized carbons (Fsp3) is 0. The molecule has 27 aromatic rings. The average Bonchev–Trinajstić information content (AvgIpc) is 1.45. The number of imidazole rings is 3. The lowest BCUT2D eigenvalue weighted by Crippen LogP contribution is -1.93. The van der Waals surface area contributed by atoms with Crippen LogP contribution in [0, 0.1) is 0 Å². The van der Waals surface area contributed by atoms with E-state index in [9.17, 15) is 0 Å². The Hall–Kier alpha value is -18.4. The largest absolute Gasteiger partial charge is 0.306 e. The van der Waals surface area contributed by atoms with Crippen LogP contribution < -0.4 is 0 Å². The summed E-state index contributed by atoms with van der Waals surface area (Å²) in [4.78, 5) is 45.8. The second-order valence-electron chi connectivity index (χ2n) is 34.0. The van der Waals surface area contributed by atoms with Crippen molar-refractivity contribution in [2.75, 3.05) is 0 Å². The monoisotopic (exact) mass is 1720 g/mol. The molecule has 0 atom stereocenters. The van der Waals surface area contributed by atoms with E-state index in [0.29, 0.717) is 0 Å². The van der Waals surface area contributed by atoms with Gasteiger partial charge in [-0.25, -0.2) is 44.9 Å². The molecule has 0 unspecified atom stereocenters. The maximum absolute atomic E-state index is 5.29. The van der Waals surface area contributed by atoms with Gasteiger partial charge >= 0.3 is 0 Å². The molecular weight excluding hydrogens is 1650 g/mol. The lowest BCUT2D eigenvalue weighted by molar-refractivity contribution is 1.19. The van der Waals surface area contributed by atoms with Crippen LogP contribution in [0.2, 0.25) is 0 Å². The molecule has 0 N–H and O–H groups in total. The quantitative estimate of drug-likeness (QED) is 0.110. The van der Waals surface area contributed by atoms with Crippen LogP contribution in [-0.2, 0) is 0 Å². The van der Waals surface area contributed by atoms with E-state index in [4.69, 9.17) is 44.9 Å². The molecule has 0 radical (unpaired) electrons. The van der Waals surface area contributed by atoms with Crippen molar-refractivity contribution in [3.05, 3.63) is 474 Å². The second-order valence-corrected chi connectivity index (χ2v) is 34.0. The number of pyridine rings is 9. The molecule has 0 fully saturated rings. The van der Waals surface area contributed by atoms with E-state index in [1.165, 1.54) is 5.39 Å². The van der Waals surface area contributed by atoms with Crippen molar-refractivity contribution in [3.8, 4) is 135 Å². The predicted molar refractivity (Wildman–Crippen MR) is 555 cm³/mol. The highest BCUT2D eigenvalue weighted by atomic mass is 15.0. The highest BCUT2D eigenvalue weighted by Crippen LogP contribution is 2.45. The van der Waals surface area contributed by atoms with E-state index < -0.39 is 0 Å². The van der Waals surface area contributed by atoms with Gasteiger partial charge in [-0.15, -0.1) is 0 Å². The molecule has 0 aliphatic heterocycles. The van der Waals surface area contributed by atoms with Crippen molar-refractivity contribution in [1.82, 2.24) is 58.1 Å². The zero-order chi connectivity index (χ0) is 89.2. The summed E-state index contributed by atoms with van der Waals surface area (Å²) in [7, 11) is 0. The van der Waals surface area contributed by atoms with Gasteiger partial charge in [0.2, 0.25) is 0 Å². The standard InChI is InChI=1S/3C41H26N4/c1-4-10-27(11-5-1)35-21-19-33-36(42-35)22-18-32-34-24-30(16-20-37(34)44-41(40(32)33)29-14-8-3-9-15-29)31-17-23-39-43-38(26-45(39)25-31)28-12-6-2-7-13-28;1-4-10-27(11-5-1)35-20-18-33-36(42-35)21-17-32-34-24-30(16-19-37(34)44-41(40(32)33)29-14-8-3-9-15-29)31-22-23-45-26-38(43-39(45)25-31)28-12-6-2-7-13-28;1-3-10-27(11-4-1)35-21-19-33-36(42-35)22-18-32-34-25-30(17-20-37(34)44-41(40(32)33)28-12-5-2-6-13-28)29-14-9-15-31(24-29)38-26-45-23-8-7-16-39(45)43-38/h3*1-26H. The van der Waals surface area contributed by atoms with E-state index in [2.05, 4.69) is 390 Å². The molecule has 135 heavy (non-hydrogen) atoms. The minimum atomic E-state index is 0.917. The van der Waals surface area contributed by atoms with Crippen molar-refractivity contribution in [3.63, 3.8) is 0 Å². The van der Waals surface area contributed by atoms with E-state index in [-0.39, 0.29) is 0 Å². The molecule has 0 aliphatic rings. The molecule has 12 heteroatoms. The normalized spacial score (nSPS) is 11.6. The van der Waals surface area contributed by atoms with Gasteiger partial charge in [0.05, 0.1) is 84.3 Å². The van der Waals surface area contributed by atoms with Crippen LogP contribution >= 0.6 is 0 Å². The first-order valence-electron chi connectivity index (χ1n) is 45.3. The van der Waals surface area contributed by atoms with Gasteiger partial charge in [-0.3, -0.25) is 0 Å². The van der Waals surface area contributed by atoms with E-state index in [1.807, 2.05) is 97.2 Å². The topological polar surface area (TPSA) is 129 Å². The third-order valence-corrected chi connectivity index (χ3v) is 25.8. The van der Waals surface area contributed by atoms with Gasteiger partial charge in [0.1, 0.15) is 16.9 Å². The minimum absolute atomic E-state index is 0.917. The first kappa shape index (κ1) is 78.8. The maximum atomic E-state index is 5.29. The molecule has 630 valence electrons.